The lowest BCUT2D eigenvalue weighted by Gasteiger charge is -2.21. The zero-order valence-electron chi connectivity index (χ0n) is 14.3. The molecule has 0 unspecified atom stereocenters. The van der Waals surface area contributed by atoms with Crippen molar-refractivity contribution in [1.29, 1.82) is 0 Å². The molecule has 4 rings (SSSR count). The minimum Gasteiger partial charge on any atom is -0.444 e. The number of hydrogen-bond acceptors (Lipinski definition) is 5. The first-order valence-electron chi connectivity index (χ1n) is 8.78. The van der Waals surface area contributed by atoms with Crippen molar-refractivity contribution in [2.24, 2.45) is 5.92 Å². The van der Waals surface area contributed by atoms with E-state index in [2.05, 4.69) is 20.7 Å². The van der Waals surface area contributed by atoms with Crippen LogP contribution in [0.25, 0.3) is 0 Å². The Morgan fingerprint density at radius 2 is 2.28 bits per heavy atom. The van der Waals surface area contributed by atoms with Gasteiger partial charge in [0.15, 0.2) is 5.89 Å². The molecule has 2 atom stereocenters. The number of nitrogens with zero attached hydrogens (tertiary/aromatic N) is 3. The van der Waals surface area contributed by atoms with Crippen LogP contribution in [-0.2, 0) is 17.8 Å². The molecule has 8 heteroatoms. The molecule has 0 radical (unpaired) electrons. The van der Waals surface area contributed by atoms with E-state index in [-0.39, 0.29) is 18.2 Å². The number of nitrogens with one attached hydrogen (secondary N) is 2. The Labute approximate surface area is 145 Å². The predicted molar refractivity (Wildman–Crippen MR) is 88.7 cm³/mol. The van der Waals surface area contributed by atoms with Crippen LogP contribution in [0, 0.1) is 12.8 Å². The van der Waals surface area contributed by atoms with E-state index in [1.54, 1.807) is 13.1 Å². The van der Waals surface area contributed by atoms with Gasteiger partial charge in [0, 0.05) is 26.3 Å². The molecule has 3 heterocycles. The fraction of sp³-hybridized carbons (Fsp3) is 0.588. The third kappa shape index (κ3) is 3.84. The molecule has 25 heavy (non-hydrogen) atoms. The number of aryl methyl sites for hydroxylation is 1. The Morgan fingerprint density at radius 1 is 1.40 bits per heavy atom. The van der Waals surface area contributed by atoms with Crippen molar-refractivity contribution in [1.82, 2.24) is 25.4 Å². The molecule has 1 aliphatic heterocycles. The number of carbonyl (C=O) groups excluding carboxylic acids is 1. The van der Waals surface area contributed by atoms with Gasteiger partial charge in [-0.2, -0.15) is 5.10 Å². The lowest BCUT2D eigenvalue weighted by atomic mass is 10.1. The van der Waals surface area contributed by atoms with Gasteiger partial charge in [0.25, 0.3) is 0 Å². The van der Waals surface area contributed by atoms with Crippen LogP contribution in [0.3, 0.4) is 0 Å². The number of ether oxygens (including phenoxy) is 1. The van der Waals surface area contributed by atoms with Gasteiger partial charge in [-0.3, -0.25) is 4.68 Å². The fourth-order valence-corrected chi connectivity index (χ4v) is 3.18. The minimum absolute atomic E-state index is 0.0638. The Bertz CT molecular complexity index is 736. The molecule has 1 aliphatic carbocycles. The monoisotopic (exact) mass is 345 g/mol. The van der Waals surface area contributed by atoms with Crippen LogP contribution in [0.5, 0.6) is 0 Å². The summed E-state index contributed by atoms with van der Waals surface area (Å²) in [5.74, 6) is 1.96. The van der Waals surface area contributed by atoms with Gasteiger partial charge in [0.1, 0.15) is 11.9 Å². The molecule has 8 nitrogen and oxygen atoms in total. The number of aromatic nitrogens is 3. The highest BCUT2D eigenvalue weighted by Gasteiger charge is 2.34. The number of carbonyl (C=O) groups is 1. The van der Waals surface area contributed by atoms with Crippen LogP contribution < -0.4 is 10.6 Å². The van der Waals surface area contributed by atoms with Gasteiger partial charge in [0.05, 0.1) is 24.5 Å². The average Bonchev–Trinajstić information content (AvgIpc) is 2.97. The highest BCUT2D eigenvalue weighted by molar-refractivity contribution is 5.74. The van der Waals surface area contributed by atoms with E-state index in [9.17, 15) is 4.79 Å². The van der Waals surface area contributed by atoms with Gasteiger partial charge in [-0.25, -0.2) is 9.78 Å². The molecule has 2 N–H and O–H groups in total. The summed E-state index contributed by atoms with van der Waals surface area (Å²) in [6, 6.07) is 1.69. The van der Waals surface area contributed by atoms with Crippen molar-refractivity contribution in [3.63, 3.8) is 0 Å². The first-order chi connectivity index (χ1) is 12.2. The molecule has 2 aromatic heterocycles. The molecule has 1 saturated carbocycles. The smallest absolute Gasteiger partial charge is 0.315 e. The molecule has 2 aliphatic rings. The second-order valence-electron chi connectivity index (χ2n) is 6.74. The molecule has 0 spiro atoms. The van der Waals surface area contributed by atoms with E-state index in [0.717, 1.165) is 24.6 Å². The summed E-state index contributed by atoms with van der Waals surface area (Å²) in [7, 11) is 0. The largest absolute Gasteiger partial charge is 0.444 e. The van der Waals surface area contributed by atoms with Gasteiger partial charge >= 0.3 is 6.03 Å². The third-order valence-corrected chi connectivity index (χ3v) is 4.67. The molecular formula is C17H23N5O3. The van der Waals surface area contributed by atoms with Crippen molar-refractivity contribution in [3.8, 4) is 0 Å². The van der Waals surface area contributed by atoms with Gasteiger partial charge in [0.2, 0.25) is 0 Å². The molecule has 1 saturated heterocycles. The Kier molecular flexibility index (Phi) is 4.44. The van der Waals surface area contributed by atoms with Crippen LogP contribution in [-0.4, -0.2) is 33.4 Å². The maximum Gasteiger partial charge on any atom is 0.315 e. The molecule has 0 aromatic carbocycles. The van der Waals surface area contributed by atoms with E-state index >= 15 is 0 Å². The van der Waals surface area contributed by atoms with E-state index in [4.69, 9.17) is 9.15 Å². The Balaban J connectivity index is 1.34. The van der Waals surface area contributed by atoms with Crippen LogP contribution in [0.1, 0.15) is 42.7 Å². The van der Waals surface area contributed by atoms with E-state index in [1.165, 1.54) is 12.8 Å². The SMILES string of the molecule is Cc1ncc(CNC(=O)N[C@@H]2CCO[C@H]2c2ccnn2CC2CC2)o1. The third-order valence-electron chi connectivity index (χ3n) is 4.67. The van der Waals surface area contributed by atoms with Gasteiger partial charge in [-0.15, -0.1) is 0 Å². The summed E-state index contributed by atoms with van der Waals surface area (Å²) in [6.45, 7) is 3.65. The Morgan fingerprint density at radius 3 is 3.04 bits per heavy atom. The van der Waals surface area contributed by atoms with Crippen molar-refractivity contribution >= 4 is 6.03 Å². The second-order valence-corrected chi connectivity index (χ2v) is 6.74. The molecule has 2 aromatic rings. The first kappa shape index (κ1) is 16.1. The predicted octanol–water partition coefficient (Wildman–Crippen LogP) is 1.92. The standard InChI is InChI=1S/C17H23N5O3/c1-11-18-8-13(25-11)9-19-17(23)21-14-5-7-24-16(14)15-4-6-20-22(15)10-12-2-3-12/h4,6,8,12,14,16H,2-3,5,7,9-10H2,1H3,(H2,19,21,23)/t14-,16-/m1/s1. The first-order valence-corrected chi connectivity index (χ1v) is 8.78. The average molecular weight is 345 g/mol. The number of rotatable bonds is 6. The van der Waals surface area contributed by atoms with Crippen molar-refractivity contribution in [3.05, 3.63) is 35.8 Å². The van der Waals surface area contributed by atoms with E-state index in [1.807, 2.05) is 16.9 Å². The lowest BCUT2D eigenvalue weighted by Crippen LogP contribution is -2.43. The summed E-state index contributed by atoms with van der Waals surface area (Å²) in [4.78, 5) is 16.2. The molecular weight excluding hydrogens is 322 g/mol. The van der Waals surface area contributed by atoms with Gasteiger partial charge < -0.3 is 19.8 Å². The summed E-state index contributed by atoms with van der Waals surface area (Å²) >= 11 is 0. The van der Waals surface area contributed by atoms with E-state index in [0.29, 0.717) is 24.8 Å². The van der Waals surface area contributed by atoms with Crippen LogP contribution in [0.4, 0.5) is 4.79 Å². The molecule has 0 bridgehead atoms. The zero-order chi connectivity index (χ0) is 17.2. The highest BCUT2D eigenvalue weighted by Crippen LogP contribution is 2.34. The summed E-state index contributed by atoms with van der Waals surface area (Å²) < 4.78 is 13.3. The highest BCUT2D eigenvalue weighted by atomic mass is 16.5. The maximum absolute atomic E-state index is 12.2. The fourth-order valence-electron chi connectivity index (χ4n) is 3.18. The lowest BCUT2D eigenvalue weighted by molar-refractivity contribution is 0.0921. The Hall–Kier alpha value is -2.35. The van der Waals surface area contributed by atoms with E-state index < -0.39 is 0 Å². The zero-order valence-corrected chi connectivity index (χ0v) is 14.3. The summed E-state index contributed by atoms with van der Waals surface area (Å²) in [6.07, 6.45) is 6.61. The summed E-state index contributed by atoms with van der Waals surface area (Å²) in [5.41, 5.74) is 1.04. The van der Waals surface area contributed by atoms with Gasteiger partial charge in [-0.1, -0.05) is 0 Å². The van der Waals surface area contributed by atoms with Crippen molar-refractivity contribution in [2.75, 3.05) is 6.61 Å². The second kappa shape index (κ2) is 6.87. The number of amides is 2. The quantitative estimate of drug-likeness (QED) is 0.834. The van der Waals surface area contributed by atoms with Crippen molar-refractivity contribution in [2.45, 2.75) is 51.4 Å². The topological polar surface area (TPSA) is 94.2 Å². The number of oxazole rings is 1. The molecule has 134 valence electrons. The molecule has 2 fully saturated rings. The van der Waals surface area contributed by atoms with Crippen molar-refractivity contribution < 1.29 is 13.9 Å². The van der Waals surface area contributed by atoms with Gasteiger partial charge in [-0.05, 0) is 31.2 Å². The number of hydrogen-bond donors (Lipinski definition) is 2. The van der Waals surface area contributed by atoms with Crippen LogP contribution in [0.2, 0.25) is 0 Å². The minimum atomic E-state index is -0.234. The summed E-state index contributed by atoms with van der Waals surface area (Å²) in [5, 5.41) is 10.2. The molecule has 2 amide bonds. The maximum atomic E-state index is 12.2. The van der Waals surface area contributed by atoms with Crippen LogP contribution >= 0.6 is 0 Å². The van der Waals surface area contributed by atoms with Crippen LogP contribution in [0.15, 0.2) is 22.9 Å². The normalized spacial score (nSPS) is 22.9. The number of urea groups is 1.